The number of benzene rings is 2. The summed E-state index contributed by atoms with van der Waals surface area (Å²) in [6, 6.07) is 13.6. The van der Waals surface area contributed by atoms with Crippen LogP contribution in [-0.4, -0.2) is 31.7 Å². The largest absolute Gasteiger partial charge is 0.432 e. The Morgan fingerprint density at radius 2 is 2.00 bits per heavy atom. The summed E-state index contributed by atoms with van der Waals surface area (Å²) in [5.74, 6) is -0.0444. The Morgan fingerprint density at radius 3 is 2.75 bits per heavy atom. The normalized spacial score (nSPS) is 10.8. The molecule has 0 aliphatic carbocycles. The monoisotopic (exact) mass is 386 g/mol. The van der Waals surface area contributed by atoms with Crippen molar-refractivity contribution in [3.05, 3.63) is 60.3 Å². The minimum absolute atomic E-state index is 0.0444. The summed E-state index contributed by atoms with van der Waals surface area (Å²) in [5, 5.41) is 6.02. The molecule has 8 heteroatoms. The van der Waals surface area contributed by atoms with Crippen LogP contribution >= 0.6 is 0 Å². The Bertz CT molecular complexity index is 979. The Hall–Kier alpha value is -3.42. The first-order chi connectivity index (χ1) is 13.4. The van der Waals surface area contributed by atoms with Gasteiger partial charge in [-0.25, -0.2) is 4.79 Å². The number of carbonyl (C=O) groups is 1. The Morgan fingerprint density at radius 1 is 1.18 bits per heavy atom. The molecule has 2 aromatic carbocycles. The predicted molar refractivity (Wildman–Crippen MR) is 105 cm³/mol. The molecule has 0 aliphatic heterocycles. The number of hydrogen-bond acceptors (Lipinski definition) is 4. The van der Waals surface area contributed by atoms with E-state index in [1.165, 1.54) is 18.3 Å². The number of fused-ring (bicyclic) bond motifs is 1. The predicted octanol–water partition coefficient (Wildman–Crippen LogP) is 4.22. The van der Waals surface area contributed by atoms with E-state index in [9.17, 15) is 13.6 Å². The summed E-state index contributed by atoms with van der Waals surface area (Å²) in [4.78, 5) is 18.4. The number of aromatic nitrogens is 1. The number of rotatable bonds is 6. The zero-order valence-corrected chi connectivity index (χ0v) is 15.4. The lowest BCUT2D eigenvalue weighted by molar-refractivity contribution is -0.0489. The third-order valence-corrected chi connectivity index (χ3v) is 4.08. The number of nitrogens with one attached hydrogen (secondary N) is 2. The topological polar surface area (TPSA) is 66.5 Å². The number of carbonyl (C=O) groups excluding carboxylic acids is 1. The van der Waals surface area contributed by atoms with Crippen LogP contribution < -0.4 is 20.3 Å². The third-order valence-electron chi connectivity index (χ3n) is 4.08. The summed E-state index contributed by atoms with van der Waals surface area (Å²) < 4.78 is 29.6. The van der Waals surface area contributed by atoms with Gasteiger partial charge in [0.15, 0.2) is 5.75 Å². The molecule has 0 radical (unpaired) electrons. The second kappa shape index (κ2) is 8.51. The summed E-state index contributed by atoms with van der Waals surface area (Å²) >= 11 is 0. The van der Waals surface area contributed by atoms with Gasteiger partial charge in [-0.1, -0.05) is 12.1 Å². The van der Waals surface area contributed by atoms with E-state index in [0.717, 1.165) is 11.3 Å². The van der Waals surface area contributed by atoms with Gasteiger partial charge in [-0.2, -0.15) is 8.78 Å². The van der Waals surface area contributed by atoms with Crippen LogP contribution in [0.25, 0.3) is 10.9 Å². The minimum atomic E-state index is -2.95. The molecule has 28 heavy (non-hydrogen) atoms. The number of hydrogen-bond donors (Lipinski definition) is 2. The standard InChI is InChI=1S/C20H20F2N4O2/c1-26(2)14-6-3-5-13(11-14)12-24-20(27)25-16-8-9-17(28-19(21)22)18-15(16)7-4-10-23-18/h3-11,19H,12H2,1-2H3,(H2,24,25,27). The quantitative estimate of drug-likeness (QED) is 0.666. The number of amides is 2. The average Bonchev–Trinajstić information content (AvgIpc) is 2.68. The molecular weight excluding hydrogens is 366 g/mol. The van der Waals surface area contributed by atoms with Crippen LogP contribution in [0, 0.1) is 0 Å². The SMILES string of the molecule is CN(C)c1cccc(CNC(=O)Nc2ccc(OC(F)F)c3ncccc23)c1. The lowest BCUT2D eigenvalue weighted by atomic mass is 10.1. The van der Waals surface area contributed by atoms with Crippen molar-refractivity contribution in [1.82, 2.24) is 10.3 Å². The molecule has 0 bridgehead atoms. The minimum Gasteiger partial charge on any atom is -0.432 e. The van der Waals surface area contributed by atoms with Gasteiger partial charge in [0.1, 0.15) is 5.52 Å². The van der Waals surface area contributed by atoms with E-state index in [0.29, 0.717) is 17.6 Å². The van der Waals surface area contributed by atoms with E-state index in [1.807, 2.05) is 43.3 Å². The molecule has 0 spiro atoms. The zero-order chi connectivity index (χ0) is 20.1. The fourth-order valence-corrected chi connectivity index (χ4v) is 2.74. The van der Waals surface area contributed by atoms with Crippen molar-refractivity contribution >= 4 is 28.3 Å². The fraction of sp³-hybridized carbons (Fsp3) is 0.200. The molecule has 0 unspecified atom stereocenters. The molecule has 0 aliphatic rings. The van der Waals surface area contributed by atoms with Crippen LogP contribution in [0.4, 0.5) is 25.0 Å². The highest BCUT2D eigenvalue weighted by Gasteiger charge is 2.13. The van der Waals surface area contributed by atoms with Gasteiger partial charge in [-0.3, -0.25) is 4.98 Å². The zero-order valence-electron chi connectivity index (χ0n) is 15.4. The molecular formula is C20H20F2N4O2. The maximum absolute atomic E-state index is 12.6. The van der Waals surface area contributed by atoms with Crippen molar-refractivity contribution in [3.63, 3.8) is 0 Å². The second-order valence-corrected chi connectivity index (χ2v) is 6.26. The molecule has 0 saturated heterocycles. The number of anilines is 2. The van der Waals surface area contributed by atoms with Crippen molar-refractivity contribution < 1.29 is 18.3 Å². The summed E-state index contributed by atoms with van der Waals surface area (Å²) in [7, 11) is 3.89. The third kappa shape index (κ3) is 4.64. The van der Waals surface area contributed by atoms with Crippen molar-refractivity contribution in [2.75, 3.05) is 24.3 Å². The lowest BCUT2D eigenvalue weighted by Gasteiger charge is -2.15. The highest BCUT2D eigenvalue weighted by atomic mass is 19.3. The van der Waals surface area contributed by atoms with Gasteiger partial charge in [-0.05, 0) is 42.0 Å². The number of ether oxygens (including phenoxy) is 1. The number of halogens is 2. The smallest absolute Gasteiger partial charge is 0.387 e. The highest BCUT2D eigenvalue weighted by molar-refractivity contribution is 6.02. The van der Waals surface area contributed by atoms with E-state index in [2.05, 4.69) is 20.4 Å². The Kier molecular flexibility index (Phi) is 5.88. The van der Waals surface area contributed by atoms with Crippen molar-refractivity contribution in [1.29, 1.82) is 0 Å². The van der Waals surface area contributed by atoms with Crippen molar-refractivity contribution in [2.45, 2.75) is 13.2 Å². The van der Waals surface area contributed by atoms with Crippen LogP contribution in [0.15, 0.2) is 54.7 Å². The van der Waals surface area contributed by atoms with Crippen LogP contribution in [0.3, 0.4) is 0 Å². The second-order valence-electron chi connectivity index (χ2n) is 6.26. The first-order valence-corrected chi connectivity index (χ1v) is 8.57. The van der Waals surface area contributed by atoms with Crippen LogP contribution in [0.5, 0.6) is 5.75 Å². The van der Waals surface area contributed by atoms with Gasteiger partial charge in [0.05, 0.1) is 5.69 Å². The van der Waals surface area contributed by atoms with E-state index < -0.39 is 12.6 Å². The Labute approximate surface area is 161 Å². The van der Waals surface area contributed by atoms with Gasteiger partial charge in [0.25, 0.3) is 0 Å². The molecule has 3 aromatic rings. The molecule has 0 fully saturated rings. The highest BCUT2D eigenvalue weighted by Crippen LogP contribution is 2.30. The molecule has 2 amide bonds. The molecule has 6 nitrogen and oxygen atoms in total. The maximum atomic E-state index is 12.6. The lowest BCUT2D eigenvalue weighted by Crippen LogP contribution is -2.28. The van der Waals surface area contributed by atoms with E-state index in [1.54, 1.807) is 12.1 Å². The van der Waals surface area contributed by atoms with Crippen molar-refractivity contribution in [3.8, 4) is 5.75 Å². The van der Waals surface area contributed by atoms with Gasteiger partial charge >= 0.3 is 12.6 Å². The fourth-order valence-electron chi connectivity index (χ4n) is 2.74. The van der Waals surface area contributed by atoms with Gasteiger partial charge in [0.2, 0.25) is 0 Å². The number of urea groups is 1. The molecule has 2 N–H and O–H groups in total. The molecule has 1 aromatic heterocycles. The Balaban J connectivity index is 1.72. The first kappa shape index (κ1) is 19.3. The molecule has 0 atom stereocenters. The maximum Gasteiger partial charge on any atom is 0.387 e. The van der Waals surface area contributed by atoms with Gasteiger partial charge < -0.3 is 20.3 Å². The first-order valence-electron chi connectivity index (χ1n) is 8.57. The van der Waals surface area contributed by atoms with Crippen LogP contribution in [0.1, 0.15) is 5.56 Å². The van der Waals surface area contributed by atoms with Crippen molar-refractivity contribution in [2.24, 2.45) is 0 Å². The van der Waals surface area contributed by atoms with E-state index in [-0.39, 0.29) is 11.3 Å². The molecule has 0 saturated carbocycles. The summed E-state index contributed by atoms with van der Waals surface area (Å²) in [6.45, 7) is -2.61. The summed E-state index contributed by atoms with van der Waals surface area (Å²) in [5.41, 5.74) is 2.68. The molecule has 3 rings (SSSR count). The van der Waals surface area contributed by atoms with Crippen LogP contribution in [-0.2, 0) is 6.54 Å². The van der Waals surface area contributed by atoms with Gasteiger partial charge in [-0.15, -0.1) is 0 Å². The van der Waals surface area contributed by atoms with E-state index in [4.69, 9.17) is 0 Å². The van der Waals surface area contributed by atoms with Crippen LogP contribution in [0.2, 0.25) is 0 Å². The molecule has 146 valence electrons. The number of alkyl halides is 2. The number of nitrogens with zero attached hydrogens (tertiary/aromatic N) is 2. The number of pyridine rings is 1. The molecule has 1 heterocycles. The van der Waals surface area contributed by atoms with Gasteiger partial charge in [0, 0.05) is 37.9 Å². The summed E-state index contributed by atoms with van der Waals surface area (Å²) in [6.07, 6.45) is 1.47. The average molecular weight is 386 g/mol. The van der Waals surface area contributed by atoms with E-state index >= 15 is 0 Å².